The van der Waals surface area contributed by atoms with Crippen molar-refractivity contribution in [2.75, 3.05) is 13.7 Å². The van der Waals surface area contributed by atoms with Crippen LogP contribution < -0.4 is 15.2 Å². The predicted octanol–water partition coefficient (Wildman–Crippen LogP) is 3.99. The molecule has 148 valence electrons. The molecule has 0 aromatic heterocycles. The number of carbonyl (C=O) groups excluding carboxylic acids is 1. The fraction of sp³-hybridized carbons (Fsp3) is 0.435. The summed E-state index contributed by atoms with van der Waals surface area (Å²) >= 11 is 0. The molecule has 0 amide bonds. The Morgan fingerprint density at radius 3 is 2.82 bits per heavy atom. The highest BCUT2D eigenvalue weighted by Crippen LogP contribution is 2.42. The molecule has 0 saturated carbocycles. The van der Waals surface area contributed by atoms with Gasteiger partial charge in [0.2, 0.25) is 0 Å². The minimum atomic E-state index is -0.365. The third-order valence-electron chi connectivity index (χ3n) is 5.69. The molecule has 5 heteroatoms. The van der Waals surface area contributed by atoms with Crippen LogP contribution in [0.2, 0.25) is 0 Å². The average Bonchev–Trinajstić information content (AvgIpc) is 3.25. The number of fused-ring (bicyclic) bond motifs is 2. The van der Waals surface area contributed by atoms with E-state index in [9.17, 15) is 4.79 Å². The Morgan fingerprint density at radius 1 is 1.25 bits per heavy atom. The molecular formula is C23H27NO4. The molecule has 0 saturated heterocycles. The van der Waals surface area contributed by atoms with E-state index in [0.29, 0.717) is 13.0 Å². The van der Waals surface area contributed by atoms with Gasteiger partial charge in [0.05, 0.1) is 20.1 Å². The van der Waals surface area contributed by atoms with E-state index >= 15 is 0 Å². The maximum Gasteiger partial charge on any atom is 0.306 e. The van der Waals surface area contributed by atoms with Gasteiger partial charge < -0.3 is 19.9 Å². The summed E-state index contributed by atoms with van der Waals surface area (Å²) in [6, 6.07) is 12.2. The van der Waals surface area contributed by atoms with Crippen LogP contribution in [0.15, 0.2) is 36.4 Å². The normalized spacial score (nSPS) is 20.3. The predicted molar refractivity (Wildman–Crippen MR) is 107 cm³/mol. The smallest absolute Gasteiger partial charge is 0.306 e. The monoisotopic (exact) mass is 381 g/mol. The first kappa shape index (κ1) is 18.8. The van der Waals surface area contributed by atoms with Crippen molar-refractivity contribution >= 4 is 5.97 Å². The number of carbonyl (C=O) groups is 1. The number of hydrogen-bond acceptors (Lipinski definition) is 5. The minimum Gasteiger partial charge on any atom is -0.492 e. The van der Waals surface area contributed by atoms with Crippen molar-refractivity contribution in [1.82, 2.24) is 0 Å². The van der Waals surface area contributed by atoms with Crippen LogP contribution in [0.3, 0.4) is 0 Å². The molecule has 2 aromatic rings. The van der Waals surface area contributed by atoms with Gasteiger partial charge in [-0.3, -0.25) is 4.79 Å². The van der Waals surface area contributed by atoms with Crippen LogP contribution in [-0.4, -0.2) is 19.7 Å². The van der Waals surface area contributed by atoms with E-state index in [1.807, 2.05) is 32.0 Å². The first-order valence-corrected chi connectivity index (χ1v) is 9.78. The molecule has 0 fully saturated rings. The maximum absolute atomic E-state index is 11.6. The zero-order chi connectivity index (χ0) is 19.9. The molecule has 0 radical (unpaired) electrons. The van der Waals surface area contributed by atoms with Crippen LogP contribution in [0.1, 0.15) is 61.0 Å². The molecule has 28 heavy (non-hydrogen) atoms. The summed E-state index contributed by atoms with van der Waals surface area (Å²) in [5, 5.41) is 0. The molecule has 1 aliphatic carbocycles. The second kappa shape index (κ2) is 7.13. The van der Waals surface area contributed by atoms with E-state index < -0.39 is 0 Å². The summed E-state index contributed by atoms with van der Waals surface area (Å²) < 4.78 is 16.9. The molecule has 1 aliphatic heterocycles. The van der Waals surface area contributed by atoms with Crippen molar-refractivity contribution in [3.8, 4) is 11.5 Å². The molecule has 0 spiro atoms. The van der Waals surface area contributed by atoms with Crippen LogP contribution in [0.5, 0.6) is 11.5 Å². The van der Waals surface area contributed by atoms with E-state index in [1.54, 1.807) is 0 Å². The Balaban J connectivity index is 1.53. The largest absolute Gasteiger partial charge is 0.492 e. The molecule has 0 unspecified atom stereocenters. The highest BCUT2D eigenvalue weighted by Gasteiger charge is 2.31. The Hall–Kier alpha value is -2.53. The third-order valence-corrected chi connectivity index (χ3v) is 5.69. The summed E-state index contributed by atoms with van der Waals surface area (Å²) in [4.78, 5) is 11.6. The molecule has 0 bridgehead atoms. The van der Waals surface area contributed by atoms with Crippen LogP contribution in [0.25, 0.3) is 0 Å². The quantitative estimate of drug-likeness (QED) is 0.793. The standard InChI is InChI=1S/C23H27NO4/c1-23(2,24)19-6-4-5-18-17(19)9-10-20(18)28-15-7-8-16-14(11-22(25)26-3)13-27-21(16)12-15/h4-8,12,14,20H,9-11,13,24H2,1-3H3/t14-,20-/m1/s1. The van der Waals surface area contributed by atoms with Crippen molar-refractivity contribution < 1.29 is 19.0 Å². The zero-order valence-electron chi connectivity index (χ0n) is 16.7. The number of benzene rings is 2. The summed E-state index contributed by atoms with van der Waals surface area (Å²) in [6.07, 6.45) is 2.25. The van der Waals surface area contributed by atoms with Crippen molar-refractivity contribution in [2.45, 2.75) is 50.7 Å². The summed E-state index contributed by atoms with van der Waals surface area (Å²) in [6.45, 7) is 4.58. The summed E-state index contributed by atoms with van der Waals surface area (Å²) in [7, 11) is 1.41. The maximum atomic E-state index is 11.6. The van der Waals surface area contributed by atoms with E-state index in [-0.39, 0.29) is 23.5 Å². The SMILES string of the molecule is COC(=O)C[C@@H]1COc2cc(O[C@@H]3CCc4c3cccc4C(C)(C)N)ccc21. The first-order valence-electron chi connectivity index (χ1n) is 9.78. The molecule has 2 aliphatic rings. The fourth-order valence-corrected chi connectivity index (χ4v) is 4.29. The van der Waals surface area contributed by atoms with Gasteiger partial charge >= 0.3 is 5.97 Å². The van der Waals surface area contributed by atoms with Gasteiger partial charge in [-0.25, -0.2) is 0 Å². The highest BCUT2D eigenvalue weighted by molar-refractivity contribution is 5.71. The lowest BCUT2D eigenvalue weighted by Crippen LogP contribution is -2.30. The zero-order valence-corrected chi connectivity index (χ0v) is 16.7. The average molecular weight is 381 g/mol. The third kappa shape index (κ3) is 3.47. The van der Waals surface area contributed by atoms with E-state index in [4.69, 9.17) is 19.9 Å². The van der Waals surface area contributed by atoms with Gasteiger partial charge in [-0.1, -0.05) is 24.3 Å². The van der Waals surface area contributed by atoms with Crippen LogP contribution in [-0.2, 0) is 21.5 Å². The number of rotatable bonds is 5. The second-order valence-electron chi connectivity index (χ2n) is 8.23. The Labute approximate surface area is 165 Å². The molecular weight excluding hydrogens is 354 g/mol. The lowest BCUT2D eigenvalue weighted by atomic mass is 9.89. The number of hydrogen-bond donors (Lipinski definition) is 1. The molecule has 2 aromatic carbocycles. The number of nitrogens with two attached hydrogens (primary N) is 1. The minimum absolute atomic E-state index is 0.0163. The molecule has 5 nitrogen and oxygen atoms in total. The molecule has 1 heterocycles. The van der Waals surface area contributed by atoms with Crippen molar-refractivity contribution in [3.63, 3.8) is 0 Å². The molecule has 2 atom stereocenters. The topological polar surface area (TPSA) is 70.8 Å². The summed E-state index contributed by atoms with van der Waals surface area (Å²) in [5.74, 6) is 1.40. The fourth-order valence-electron chi connectivity index (χ4n) is 4.29. The van der Waals surface area contributed by atoms with Crippen LogP contribution in [0.4, 0.5) is 0 Å². The van der Waals surface area contributed by atoms with Gasteiger partial charge in [0.15, 0.2) is 0 Å². The van der Waals surface area contributed by atoms with Gasteiger partial charge in [0, 0.05) is 23.1 Å². The lowest BCUT2D eigenvalue weighted by Gasteiger charge is -2.23. The van der Waals surface area contributed by atoms with Gasteiger partial charge in [0.25, 0.3) is 0 Å². The summed E-state index contributed by atoms with van der Waals surface area (Å²) in [5.41, 5.74) is 10.8. The van der Waals surface area contributed by atoms with E-state index in [0.717, 1.165) is 29.9 Å². The highest BCUT2D eigenvalue weighted by atomic mass is 16.5. The molecule has 4 rings (SSSR count). The number of ether oxygens (including phenoxy) is 3. The van der Waals surface area contributed by atoms with E-state index in [1.165, 1.54) is 23.8 Å². The lowest BCUT2D eigenvalue weighted by molar-refractivity contribution is -0.141. The van der Waals surface area contributed by atoms with E-state index in [2.05, 4.69) is 18.2 Å². The van der Waals surface area contributed by atoms with Crippen LogP contribution in [0, 0.1) is 0 Å². The Kier molecular flexibility index (Phi) is 4.79. The van der Waals surface area contributed by atoms with Crippen LogP contribution >= 0.6 is 0 Å². The Bertz CT molecular complexity index is 900. The Morgan fingerprint density at radius 2 is 2.07 bits per heavy atom. The van der Waals surface area contributed by atoms with Gasteiger partial charge in [0.1, 0.15) is 17.6 Å². The number of esters is 1. The van der Waals surface area contributed by atoms with Crippen molar-refractivity contribution in [2.24, 2.45) is 5.73 Å². The van der Waals surface area contributed by atoms with Crippen molar-refractivity contribution in [1.29, 1.82) is 0 Å². The van der Waals surface area contributed by atoms with Crippen molar-refractivity contribution in [3.05, 3.63) is 58.7 Å². The van der Waals surface area contributed by atoms with Gasteiger partial charge in [-0.2, -0.15) is 0 Å². The van der Waals surface area contributed by atoms with Gasteiger partial charge in [-0.05, 0) is 49.4 Å². The first-order chi connectivity index (χ1) is 13.4. The number of methoxy groups -OCH3 is 1. The second-order valence-corrected chi connectivity index (χ2v) is 8.23. The van der Waals surface area contributed by atoms with Gasteiger partial charge in [-0.15, -0.1) is 0 Å². The molecule has 2 N–H and O–H groups in total.